The molecule has 1 aromatic heterocycles. The summed E-state index contributed by atoms with van der Waals surface area (Å²) in [7, 11) is 1.32. The van der Waals surface area contributed by atoms with Crippen molar-refractivity contribution in [2.24, 2.45) is 0 Å². The monoisotopic (exact) mass is 315 g/mol. The molecule has 0 saturated carbocycles. The summed E-state index contributed by atoms with van der Waals surface area (Å²) in [5.41, 5.74) is 1.39. The van der Waals surface area contributed by atoms with Crippen LogP contribution in [-0.2, 0) is 4.74 Å². The molecule has 0 spiro atoms. The van der Waals surface area contributed by atoms with E-state index in [0.717, 1.165) is 17.0 Å². The molecule has 1 heterocycles. The molecule has 0 radical (unpaired) electrons. The zero-order valence-electron chi connectivity index (χ0n) is 11.6. The van der Waals surface area contributed by atoms with E-state index in [1.54, 1.807) is 24.3 Å². The van der Waals surface area contributed by atoms with Gasteiger partial charge in [-0.15, -0.1) is 0 Å². The highest BCUT2D eigenvalue weighted by Crippen LogP contribution is 2.32. The highest BCUT2D eigenvalue weighted by Gasteiger charge is 2.12. The van der Waals surface area contributed by atoms with Crippen LogP contribution in [0.3, 0.4) is 0 Å². The lowest BCUT2D eigenvalue weighted by Gasteiger charge is -2.09. The van der Waals surface area contributed by atoms with Crippen molar-refractivity contribution in [1.29, 1.82) is 0 Å². The molecule has 5 heteroatoms. The lowest BCUT2D eigenvalue weighted by Crippen LogP contribution is -2.00. The largest absolute Gasteiger partial charge is 0.465 e. The summed E-state index contributed by atoms with van der Waals surface area (Å²) in [4.78, 5) is 15.4. The quantitative estimate of drug-likeness (QED) is 0.517. The molecular formula is C17H11ClFNO2. The number of fused-ring (bicyclic) bond motifs is 1. The van der Waals surface area contributed by atoms with Gasteiger partial charge in [0, 0.05) is 5.56 Å². The summed E-state index contributed by atoms with van der Waals surface area (Å²) < 4.78 is 18.8. The Labute approximate surface area is 131 Å². The highest BCUT2D eigenvalue weighted by molar-refractivity contribution is 6.29. The number of rotatable bonds is 2. The molecule has 3 rings (SSSR count). The first-order valence-corrected chi connectivity index (χ1v) is 6.90. The number of ether oxygens (including phenoxy) is 1. The maximum atomic E-state index is 14.1. The first kappa shape index (κ1) is 14.5. The van der Waals surface area contributed by atoms with Crippen LogP contribution in [0.5, 0.6) is 0 Å². The van der Waals surface area contributed by atoms with E-state index in [2.05, 4.69) is 4.98 Å². The van der Waals surface area contributed by atoms with Gasteiger partial charge in [-0.3, -0.25) is 0 Å². The Morgan fingerprint density at radius 3 is 2.77 bits per heavy atom. The van der Waals surface area contributed by atoms with Gasteiger partial charge in [-0.1, -0.05) is 35.9 Å². The van der Waals surface area contributed by atoms with E-state index >= 15 is 0 Å². The molecule has 0 amide bonds. The summed E-state index contributed by atoms with van der Waals surface area (Å²) in [5, 5.41) is 1.83. The van der Waals surface area contributed by atoms with Gasteiger partial charge < -0.3 is 4.74 Å². The summed E-state index contributed by atoms with van der Waals surface area (Å²) in [5.74, 6) is -0.912. The number of hydrogen-bond donors (Lipinski definition) is 0. The third kappa shape index (κ3) is 2.53. The SMILES string of the molecule is COC(=O)c1ccc2cccc(-c3cc(Cl)ncc3F)c2c1. The molecule has 0 aliphatic rings. The van der Waals surface area contributed by atoms with Crippen LogP contribution in [0, 0.1) is 5.82 Å². The van der Waals surface area contributed by atoms with E-state index in [4.69, 9.17) is 16.3 Å². The Morgan fingerprint density at radius 2 is 2.00 bits per heavy atom. The zero-order valence-corrected chi connectivity index (χ0v) is 12.4. The van der Waals surface area contributed by atoms with Crippen molar-refractivity contribution in [2.75, 3.05) is 7.11 Å². The number of aromatic nitrogens is 1. The van der Waals surface area contributed by atoms with E-state index in [9.17, 15) is 9.18 Å². The Kier molecular flexibility index (Phi) is 3.77. The van der Waals surface area contributed by atoms with E-state index in [-0.39, 0.29) is 5.15 Å². The molecule has 110 valence electrons. The smallest absolute Gasteiger partial charge is 0.337 e. The molecule has 0 fully saturated rings. The van der Waals surface area contributed by atoms with Crippen molar-refractivity contribution in [1.82, 2.24) is 4.98 Å². The number of benzene rings is 2. The average molecular weight is 316 g/mol. The summed E-state index contributed by atoms with van der Waals surface area (Å²) in [6.07, 6.45) is 1.08. The second kappa shape index (κ2) is 5.73. The Hall–Kier alpha value is -2.46. The molecule has 3 nitrogen and oxygen atoms in total. The number of methoxy groups -OCH3 is 1. The molecule has 0 atom stereocenters. The number of carbonyl (C=O) groups is 1. The number of pyridine rings is 1. The molecule has 0 unspecified atom stereocenters. The van der Waals surface area contributed by atoms with Gasteiger partial charge in [0.2, 0.25) is 0 Å². The molecule has 0 bridgehead atoms. The minimum atomic E-state index is -0.472. The molecule has 0 saturated heterocycles. The minimum absolute atomic E-state index is 0.206. The molecule has 3 aromatic rings. The van der Waals surface area contributed by atoms with Gasteiger partial charge in [-0.05, 0) is 34.5 Å². The number of esters is 1. The Balaban J connectivity index is 2.29. The van der Waals surface area contributed by atoms with Crippen molar-refractivity contribution in [3.8, 4) is 11.1 Å². The van der Waals surface area contributed by atoms with Crippen molar-refractivity contribution in [3.63, 3.8) is 0 Å². The fourth-order valence-corrected chi connectivity index (χ4v) is 2.53. The molecular weight excluding hydrogens is 305 g/mol. The van der Waals surface area contributed by atoms with Crippen molar-refractivity contribution in [3.05, 3.63) is 65.2 Å². The van der Waals surface area contributed by atoms with Gasteiger partial charge in [0.1, 0.15) is 11.0 Å². The molecule has 0 aliphatic carbocycles. The number of hydrogen-bond acceptors (Lipinski definition) is 3. The summed E-state index contributed by atoms with van der Waals surface area (Å²) in [6, 6.07) is 12.1. The zero-order chi connectivity index (χ0) is 15.7. The predicted octanol–water partition coefficient (Wildman–Crippen LogP) is 4.48. The van der Waals surface area contributed by atoms with Crippen LogP contribution in [0.2, 0.25) is 5.15 Å². The molecule has 0 aliphatic heterocycles. The number of carbonyl (C=O) groups excluding carboxylic acids is 1. The van der Waals surface area contributed by atoms with Crippen LogP contribution in [-0.4, -0.2) is 18.1 Å². The number of nitrogens with zero attached hydrogens (tertiary/aromatic N) is 1. The van der Waals surface area contributed by atoms with Gasteiger partial charge in [0.05, 0.1) is 18.9 Å². The van der Waals surface area contributed by atoms with Crippen molar-refractivity contribution in [2.45, 2.75) is 0 Å². The fraction of sp³-hybridized carbons (Fsp3) is 0.0588. The number of halogens is 2. The molecule has 22 heavy (non-hydrogen) atoms. The minimum Gasteiger partial charge on any atom is -0.465 e. The van der Waals surface area contributed by atoms with Gasteiger partial charge in [0.25, 0.3) is 0 Å². The van der Waals surface area contributed by atoms with Crippen LogP contribution in [0.4, 0.5) is 4.39 Å². The average Bonchev–Trinajstić information content (AvgIpc) is 2.55. The van der Waals surface area contributed by atoms with Crippen molar-refractivity contribution < 1.29 is 13.9 Å². The summed E-state index contributed by atoms with van der Waals surface area (Å²) >= 11 is 5.87. The highest BCUT2D eigenvalue weighted by atomic mass is 35.5. The van der Waals surface area contributed by atoms with E-state index in [0.29, 0.717) is 16.7 Å². The van der Waals surface area contributed by atoms with Gasteiger partial charge in [-0.2, -0.15) is 0 Å². The maximum absolute atomic E-state index is 14.1. The van der Waals surface area contributed by atoms with Crippen molar-refractivity contribution >= 4 is 28.3 Å². The van der Waals surface area contributed by atoms with Crippen LogP contribution in [0.1, 0.15) is 10.4 Å². The normalized spacial score (nSPS) is 10.7. The van der Waals surface area contributed by atoms with Gasteiger partial charge in [0.15, 0.2) is 0 Å². The second-order valence-corrected chi connectivity index (χ2v) is 5.11. The van der Waals surface area contributed by atoms with E-state index in [1.807, 2.05) is 12.1 Å². The predicted molar refractivity (Wildman–Crippen MR) is 83.5 cm³/mol. The maximum Gasteiger partial charge on any atom is 0.337 e. The Morgan fingerprint density at radius 1 is 1.18 bits per heavy atom. The Bertz CT molecular complexity index is 880. The summed E-state index contributed by atoms with van der Waals surface area (Å²) in [6.45, 7) is 0. The topological polar surface area (TPSA) is 39.2 Å². The third-order valence-corrected chi connectivity index (χ3v) is 3.62. The van der Waals surface area contributed by atoms with Crippen LogP contribution in [0.15, 0.2) is 48.7 Å². The van der Waals surface area contributed by atoms with E-state index in [1.165, 1.54) is 13.2 Å². The second-order valence-electron chi connectivity index (χ2n) is 4.72. The van der Waals surface area contributed by atoms with Crippen LogP contribution >= 0.6 is 11.6 Å². The standard InChI is InChI=1S/C17H11ClFNO2/c1-22-17(21)11-6-5-10-3-2-4-12(13(10)7-11)14-8-16(18)20-9-15(14)19/h2-9H,1H3. The lowest BCUT2D eigenvalue weighted by atomic mass is 9.97. The van der Waals surface area contributed by atoms with Crippen LogP contribution < -0.4 is 0 Å². The lowest BCUT2D eigenvalue weighted by molar-refractivity contribution is 0.0601. The molecule has 0 N–H and O–H groups in total. The molecule has 2 aromatic carbocycles. The van der Waals surface area contributed by atoms with E-state index < -0.39 is 11.8 Å². The fourth-order valence-electron chi connectivity index (χ4n) is 2.37. The first-order valence-electron chi connectivity index (χ1n) is 6.52. The third-order valence-electron chi connectivity index (χ3n) is 3.42. The van der Waals surface area contributed by atoms with Gasteiger partial charge in [-0.25, -0.2) is 14.2 Å². The first-order chi connectivity index (χ1) is 10.6. The van der Waals surface area contributed by atoms with Crippen LogP contribution in [0.25, 0.3) is 21.9 Å². The van der Waals surface area contributed by atoms with Gasteiger partial charge >= 0.3 is 5.97 Å².